The van der Waals surface area contributed by atoms with Gasteiger partial charge in [0.05, 0.1) is 4.90 Å². The molecule has 104 valence electrons. The van der Waals surface area contributed by atoms with Crippen LogP contribution in [-0.2, 0) is 0 Å². The largest absolute Gasteiger partial charge is 0.463 e. The Morgan fingerprint density at radius 1 is 1.40 bits per heavy atom. The van der Waals surface area contributed by atoms with Crippen LogP contribution in [0.1, 0.15) is 29.6 Å². The standard InChI is InChI=1S/C15H16N2O2S/c18-15(17-12-6-9-2-3-11(12)16-9)8-1-4-13-10(5-8)14(20)7-19-13/h1,4-5,7,9,11-12,16,20H,2-3,6H2,(H,17,18)/t9-,11+,12-/m1/s1. The monoisotopic (exact) mass is 288 g/mol. The van der Waals surface area contributed by atoms with E-state index in [-0.39, 0.29) is 11.9 Å². The summed E-state index contributed by atoms with van der Waals surface area (Å²) in [5.41, 5.74) is 1.42. The van der Waals surface area contributed by atoms with E-state index < -0.39 is 0 Å². The van der Waals surface area contributed by atoms with Crippen molar-refractivity contribution in [2.75, 3.05) is 0 Å². The van der Waals surface area contributed by atoms with Crippen molar-refractivity contribution in [2.45, 2.75) is 42.3 Å². The molecule has 5 heteroatoms. The van der Waals surface area contributed by atoms with Crippen molar-refractivity contribution in [3.63, 3.8) is 0 Å². The number of hydrogen-bond donors (Lipinski definition) is 3. The third kappa shape index (κ3) is 1.93. The van der Waals surface area contributed by atoms with Crippen molar-refractivity contribution in [1.82, 2.24) is 10.6 Å². The van der Waals surface area contributed by atoms with E-state index in [0.29, 0.717) is 17.6 Å². The Balaban J connectivity index is 1.56. The fraction of sp³-hybridized carbons (Fsp3) is 0.400. The summed E-state index contributed by atoms with van der Waals surface area (Å²) in [5, 5.41) is 7.55. The van der Waals surface area contributed by atoms with Gasteiger partial charge in [-0.3, -0.25) is 4.79 Å². The fourth-order valence-corrected chi connectivity index (χ4v) is 3.62. The van der Waals surface area contributed by atoms with Gasteiger partial charge in [0.2, 0.25) is 0 Å². The molecule has 4 rings (SSSR count). The van der Waals surface area contributed by atoms with Crippen LogP contribution in [0.3, 0.4) is 0 Å². The van der Waals surface area contributed by atoms with E-state index in [0.717, 1.165) is 28.7 Å². The highest BCUT2D eigenvalue weighted by atomic mass is 32.1. The van der Waals surface area contributed by atoms with Crippen molar-refractivity contribution in [1.29, 1.82) is 0 Å². The van der Waals surface area contributed by atoms with E-state index in [1.807, 2.05) is 12.1 Å². The van der Waals surface area contributed by atoms with Gasteiger partial charge in [-0.15, -0.1) is 12.6 Å². The normalized spacial score (nSPS) is 28.1. The van der Waals surface area contributed by atoms with Gasteiger partial charge in [-0.25, -0.2) is 0 Å². The summed E-state index contributed by atoms with van der Waals surface area (Å²) in [5.74, 6) is -0.0137. The van der Waals surface area contributed by atoms with Crippen LogP contribution in [0.2, 0.25) is 0 Å². The Kier molecular flexibility index (Phi) is 2.79. The summed E-state index contributed by atoms with van der Waals surface area (Å²) in [6.07, 6.45) is 5.04. The molecule has 2 saturated heterocycles. The van der Waals surface area contributed by atoms with Crippen molar-refractivity contribution in [3.05, 3.63) is 30.0 Å². The quantitative estimate of drug-likeness (QED) is 0.744. The first-order valence-electron chi connectivity index (χ1n) is 6.98. The molecule has 0 unspecified atom stereocenters. The van der Waals surface area contributed by atoms with Crippen molar-refractivity contribution >= 4 is 29.5 Å². The molecule has 0 radical (unpaired) electrons. The lowest BCUT2D eigenvalue weighted by Gasteiger charge is -2.21. The third-order valence-electron chi connectivity index (χ3n) is 4.43. The zero-order valence-corrected chi connectivity index (χ0v) is 11.8. The van der Waals surface area contributed by atoms with Crippen molar-refractivity contribution < 1.29 is 9.21 Å². The van der Waals surface area contributed by atoms with E-state index in [1.165, 1.54) is 6.42 Å². The molecule has 1 aromatic carbocycles. The van der Waals surface area contributed by atoms with Crippen LogP contribution in [0, 0.1) is 0 Å². The van der Waals surface area contributed by atoms with Crippen molar-refractivity contribution in [3.8, 4) is 0 Å². The van der Waals surface area contributed by atoms with E-state index in [2.05, 4.69) is 23.3 Å². The van der Waals surface area contributed by atoms with Crippen LogP contribution in [0.15, 0.2) is 33.8 Å². The topological polar surface area (TPSA) is 54.3 Å². The van der Waals surface area contributed by atoms with E-state index in [1.54, 1.807) is 12.3 Å². The molecule has 0 spiro atoms. The Bertz CT molecular complexity index is 682. The number of rotatable bonds is 2. The van der Waals surface area contributed by atoms with Crippen LogP contribution >= 0.6 is 12.6 Å². The van der Waals surface area contributed by atoms with Gasteiger partial charge in [0, 0.05) is 29.1 Å². The van der Waals surface area contributed by atoms with Gasteiger partial charge in [-0.2, -0.15) is 0 Å². The van der Waals surface area contributed by atoms with Crippen LogP contribution in [0.4, 0.5) is 0 Å². The zero-order valence-electron chi connectivity index (χ0n) is 10.9. The first-order chi connectivity index (χ1) is 9.70. The second-order valence-electron chi connectivity index (χ2n) is 5.69. The van der Waals surface area contributed by atoms with Crippen LogP contribution < -0.4 is 10.6 Å². The number of benzene rings is 1. The number of amides is 1. The first kappa shape index (κ1) is 12.3. The number of furan rings is 1. The number of carbonyl (C=O) groups is 1. The molecule has 2 aliphatic rings. The number of thiol groups is 1. The van der Waals surface area contributed by atoms with E-state index in [9.17, 15) is 4.79 Å². The Hall–Kier alpha value is -1.46. The van der Waals surface area contributed by atoms with E-state index >= 15 is 0 Å². The van der Waals surface area contributed by atoms with Crippen LogP contribution in [0.25, 0.3) is 11.0 Å². The van der Waals surface area contributed by atoms with Gasteiger partial charge < -0.3 is 15.1 Å². The maximum Gasteiger partial charge on any atom is 0.251 e. The average molecular weight is 288 g/mol. The highest BCUT2D eigenvalue weighted by Crippen LogP contribution is 2.29. The molecule has 0 aliphatic carbocycles. The lowest BCUT2D eigenvalue weighted by Crippen LogP contribution is -2.42. The molecule has 1 aromatic heterocycles. The Morgan fingerprint density at radius 2 is 2.30 bits per heavy atom. The number of fused-ring (bicyclic) bond motifs is 3. The zero-order chi connectivity index (χ0) is 13.7. The minimum Gasteiger partial charge on any atom is -0.463 e. The molecule has 2 aliphatic heterocycles. The minimum absolute atomic E-state index is 0.0137. The number of carbonyl (C=O) groups excluding carboxylic acids is 1. The van der Waals surface area contributed by atoms with Gasteiger partial charge >= 0.3 is 0 Å². The Morgan fingerprint density at radius 3 is 3.05 bits per heavy atom. The summed E-state index contributed by atoms with van der Waals surface area (Å²) in [7, 11) is 0. The molecule has 2 aromatic rings. The SMILES string of the molecule is O=C(N[C@@H]1C[C@H]2CC[C@@H]1N2)c1ccc2occ(S)c2c1. The second kappa shape index (κ2) is 4.53. The summed E-state index contributed by atoms with van der Waals surface area (Å²) in [4.78, 5) is 13.1. The Labute approximate surface area is 122 Å². The molecule has 2 fully saturated rings. The number of nitrogens with one attached hydrogen (secondary N) is 2. The first-order valence-corrected chi connectivity index (χ1v) is 7.42. The molecule has 2 N–H and O–H groups in total. The van der Waals surface area contributed by atoms with E-state index in [4.69, 9.17) is 4.42 Å². The highest BCUT2D eigenvalue weighted by molar-refractivity contribution is 7.80. The lowest BCUT2D eigenvalue weighted by molar-refractivity contribution is 0.0931. The molecule has 20 heavy (non-hydrogen) atoms. The predicted octanol–water partition coefficient (Wildman–Crippen LogP) is 2.34. The molecule has 0 saturated carbocycles. The molecular formula is C15H16N2O2S. The predicted molar refractivity (Wildman–Crippen MR) is 79.3 cm³/mol. The number of hydrogen-bond acceptors (Lipinski definition) is 4. The van der Waals surface area contributed by atoms with Gasteiger partial charge in [-0.1, -0.05) is 0 Å². The molecule has 4 nitrogen and oxygen atoms in total. The second-order valence-corrected chi connectivity index (χ2v) is 6.18. The summed E-state index contributed by atoms with van der Waals surface area (Å²) in [6.45, 7) is 0. The van der Waals surface area contributed by atoms with Gasteiger partial charge in [0.1, 0.15) is 11.8 Å². The highest BCUT2D eigenvalue weighted by Gasteiger charge is 2.39. The van der Waals surface area contributed by atoms with Gasteiger partial charge in [0.15, 0.2) is 0 Å². The summed E-state index contributed by atoms with van der Waals surface area (Å²) >= 11 is 4.33. The molecule has 3 heterocycles. The molecule has 3 atom stereocenters. The minimum atomic E-state index is -0.0137. The third-order valence-corrected chi connectivity index (χ3v) is 4.78. The van der Waals surface area contributed by atoms with Crippen LogP contribution in [0.5, 0.6) is 0 Å². The van der Waals surface area contributed by atoms with Crippen LogP contribution in [-0.4, -0.2) is 24.0 Å². The summed E-state index contributed by atoms with van der Waals surface area (Å²) in [6, 6.07) is 6.76. The molecular weight excluding hydrogens is 272 g/mol. The van der Waals surface area contributed by atoms with Crippen molar-refractivity contribution in [2.24, 2.45) is 0 Å². The smallest absolute Gasteiger partial charge is 0.251 e. The molecule has 2 bridgehead atoms. The summed E-state index contributed by atoms with van der Waals surface area (Å²) < 4.78 is 5.34. The molecule has 1 amide bonds. The maximum absolute atomic E-state index is 12.4. The fourth-order valence-electron chi connectivity index (χ4n) is 3.39. The average Bonchev–Trinajstić information content (AvgIpc) is 3.15. The lowest BCUT2D eigenvalue weighted by atomic mass is 9.95. The van der Waals surface area contributed by atoms with Gasteiger partial charge in [-0.05, 0) is 37.5 Å². The van der Waals surface area contributed by atoms with Gasteiger partial charge in [0.25, 0.3) is 5.91 Å². The maximum atomic E-state index is 12.4.